The topological polar surface area (TPSA) is 66.5 Å². The maximum atomic E-state index is 9.89. The van der Waals surface area contributed by atoms with Gasteiger partial charge >= 0.3 is 0 Å². The fraction of sp³-hybridized carbons (Fsp3) is 0.571. The molecule has 0 fully saturated rings. The van der Waals surface area contributed by atoms with E-state index < -0.39 is 6.10 Å². The smallest absolute Gasteiger partial charge is 0.119 e. The van der Waals surface area contributed by atoms with Crippen molar-refractivity contribution in [3.63, 3.8) is 0 Å². The van der Waals surface area contributed by atoms with Crippen molar-refractivity contribution in [1.82, 2.24) is 0 Å². The molecule has 0 bridgehead atoms. The second kappa shape index (κ2) is 6.62. The third kappa shape index (κ3) is 4.02. The number of rotatable bonds is 6. The van der Waals surface area contributed by atoms with Gasteiger partial charge in [0.15, 0.2) is 0 Å². The molecule has 0 spiro atoms. The molecule has 1 aromatic rings. The molecule has 0 aliphatic heterocycles. The van der Waals surface area contributed by atoms with Crippen molar-refractivity contribution in [1.29, 1.82) is 0 Å². The summed E-state index contributed by atoms with van der Waals surface area (Å²) in [6.45, 7) is 4.02. The lowest BCUT2D eigenvalue weighted by Gasteiger charge is -2.18. The Morgan fingerprint density at radius 2 is 2.00 bits per heavy atom. The first-order chi connectivity index (χ1) is 8.06. The molecule has 0 aromatic heterocycles. The molecule has 0 saturated carbocycles. The van der Waals surface area contributed by atoms with Gasteiger partial charge in [0.05, 0.1) is 6.10 Å². The Hall–Kier alpha value is -1.06. The highest BCUT2D eigenvalue weighted by molar-refractivity contribution is 5.38. The van der Waals surface area contributed by atoms with Gasteiger partial charge in [0.1, 0.15) is 5.75 Å². The van der Waals surface area contributed by atoms with E-state index >= 15 is 0 Å². The third-order valence-electron chi connectivity index (χ3n) is 3.19. The lowest BCUT2D eigenvalue weighted by atomic mass is 9.97. The Kier molecular flexibility index (Phi) is 5.45. The zero-order valence-electron chi connectivity index (χ0n) is 10.7. The molecule has 0 aliphatic carbocycles. The SMILES string of the molecule is CCCC(N)C(O)CCc1c(C)cccc1O. The number of aliphatic hydroxyl groups is 1. The van der Waals surface area contributed by atoms with Crippen LogP contribution in [0, 0.1) is 6.92 Å². The molecule has 2 unspecified atom stereocenters. The van der Waals surface area contributed by atoms with Gasteiger partial charge in [-0.1, -0.05) is 25.5 Å². The highest BCUT2D eigenvalue weighted by Gasteiger charge is 2.15. The normalized spacial score (nSPS) is 14.6. The van der Waals surface area contributed by atoms with Crippen LogP contribution >= 0.6 is 0 Å². The van der Waals surface area contributed by atoms with Crippen molar-refractivity contribution in [2.75, 3.05) is 0 Å². The van der Waals surface area contributed by atoms with E-state index in [0.29, 0.717) is 18.6 Å². The summed E-state index contributed by atoms with van der Waals surface area (Å²) in [6.07, 6.45) is 2.58. The van der Waals surface area contributed by atoms with E-state index in [1.165, 1.54) is 0 Å². The second-order valence-electron chi connectivity index (χ2n) is 4.63. The van der Waals surface area contributed by atoms with E-state index in [0.717, 1.165) is 24.0 Å². The van der Waals surface area contributed by atoms with Gasteiger partial charge in [-0.25, -0.2) is 0 Å². The van der Waals surface area contributed by atoms with Crippen molar-refractivity contribution in [3.05, 3.63) is 29.3 Å². The van der Waals surface area contributed by atoms with Gasteiger partial charge in [0.2, 0.25) is 0 Å². The molecule has 3 nitrogen and oxygen atoms in total. The Morgan fingerprint density at radius 1 is 1.29 bits per heavy atom. The number of phenolic OH excluding ortho intramolecular Hbond substituents is 1. The minimum atomic E-state index is -0.492. The van der Waals surface area contributed by atoms with Crippen LogP contribution in [0.25, 0.3) is 0 Å². The summed E-state index contributed by atoms with van der Waals surface area (Å²) in [7, 11) is 0. The first-order valence-electron chi connectivity index (χ1n) is 6.27. The first kappa shape index (κ1) is 14.0. The predicted molar refractivity (Wildman–Crippen MR) is 70.1 cm³/mol. The molecular formula is C14H23NO2. The quantitative estimate of drug-likeness (QED) is 0.710. The summed E-state index contributed by atoms with van der Waals surface area (Å²) in [5.41, 5.74) is 7.82. The molecule has 17 heavy (non-hydrogen) atoms. The van der Waals surface area contributed by atoms with Crippen LogP contribution in [0.3, 0.4) is 0 Å². The number of aryl methyl sites for hydroxylation is 1. The zero-order valence-corrected chi connectivity index (χ0v) is 10.7. The van der Waals surface area contributed by atoms with Gasteiger partial charge in [0, 0.05) is 6.04 Å². The van der Waals surface area contributed by atoms with Crippen LogP contribution in [-0.2, 0) is 6.42 Å². The van der Waals surface area contributed by atoms with E-state index in [-0.39, 0.29) is 6.04 Å². The Morgan fingerprint density at radius 3 is 2.59 bits per heavy atom. The van der Waals surface area contributed by atoms with Crippen LogP contribution in [-0.4, -0.2) is 22.4 Å². The van der Waals surface area contributed by atoms with Crippen molar-refractivity contribution >= 4 is 0 Å². The summed E-state index contributed by atoms with van der Waals surface area (Å²) in [6, 6.07) is 5.31. The lowest BCUT2D eigenvalue weighted by molar-refractivity contribution is 0.130. The van der Waals surface area contributed by atoms with Crippen LogP contribution in [0.5, 0.6) is 5.75 Å². The fourth-order valence-electron chi connectivity index (χ4n) is 2.04. The molecule has 1 aromatic carbocycles. The molecule has 1 rings (SSSR count). The molecule has 3 heteroatoms. The molecule has 4 N–H and O–H groups in total. The van der Waals surface area contributed by atoms with Gasteiger partial charge in [0.25, 0.3) is 0 Å². The maximum absolute atomic E-state index is 9.89. The molecule has 0 heterocycles. The number of aliphatic hydroxyl groups excluding tert-OH is 1. The van der Waals surface area contributed by atoms with E-state index in [1.807, 2.05) is 19.1 Å². The standard InChI is InChI=1S/C14H23NO2/c1-3-5-12(15)14(17)9-8-11-10(2)6-4-7-13(11)16/h4,6-7,12,14,16-17H,3,5,8-9,15H2,1-2H3. The summed E-state index contributed by atoms with van der Waals surface area (Å²) in [4.78, 5) is 0. The molecule has 2 atom stereocenters. The second-order valence-corrected chi connectivity index (χ2v) is 4.63. The Labute approximate surface area is 103 Å². The summed E-state index contributed by atoms with van der Waals surface area (Å²) >= 11 is 0. The van der Waals surface area contributed by atoms with Gasteiger partial charge in [-0.3, -0.25) is 0 Å². The molecule has 96 valence electrons. The molecule has 0 radical (unpaired) electrons. The maximum Gasteiger partial charge on any atom is 0.119 e. The Bertz CT molecular complexity index is 332. The van der Waals surface area contributed by atoms with Crippen LogP contribution in [0.15, 0.2) is 18.2 Å². The van der Waals surface area contributed by atoms with Crippen LogP contribution < -0.4 is 5.73 Å². The number of nitrogens with two attached hydrogens (primary N) is 1. The van der Waals surface area contributed by atoms with Crippen molar-refractivity contribution in [2.24, 2.45) is 5.73 Å². The fourth-order valence-corrected chi connectivity index (χ4v) is 2.04. The van der Waals surface area contributed by atoms with Gasteiger partial charge in [-0.2, -0.15) is 0 Å². The van der Waals surface area contributed by atoms with Crippen LogP contribution in [0.2, 0.25) is 0 Å². The third-order valence-corrected chi connectivity index (χ3v) is 3.19. The lowest BCUT2D eigenvalue weighted by Crippen LogP contribution is -2.34. The van der Waals surface area contributed by atoms with Gasteiger partial charge in [-0.05, 0) is 43.4 Å². The number of benzene rings is 1. The number of hydrogen-bond donors (Lipinski definition) is 3. The van der Waals surface area contributed by atoms with Gasteiger partial charge in [-0.15, -0.1) is 0 Å². The minimum absolute atomic E-state index is 0.161. The molecular weight excluding hydrogens is 214 g/mol. The predicted octanol–water partition coefficient (Wildman–Crippen LogP) is 2.12. The monoisotopic (exact) mass is 237 g/mol. The first-order valence-corrected chi connectivity index (χ1v) is 6.27. The molecule has 0 amide bonds. The zero-order chi connectivity index (χ0) is 12.8. The average Bonchev–Trinajstić information content (AvgIpc) is 2.28. The highest BCUT2D eigenvalue weighted by atomic mass is 16.3. The van der Waals surface area contributed by atoms with E-state index in [9.17, 15) is 10.2 Å². The molecule has 0 aliphatic rings. The molecule has 0 saturated heterocycles. The van der Waals surface area contributed by atoms with E-state index in [1.54, 1.807) is 6.07 Å². The number of phenols is 1. The summed E-state index contributed by atoms with van der Waals surface area (Å²) in [5, 5.41) is 19.6. The summed E-state index contributed by atoms with van der Waals surface area (Å²) in [5.74, 6) is 0.307. The van der Waals surface area contributed by atoms with Crippen molar-refractivity contribution in [3.8, 4) is 5.75 Å². The van der Waals surface area contributed by atoms with Crippen LogP contribution in [0.4, 0.5) is 0 Å². The minimum Gasteiger partial charge on any atom is -0.508 e. The van der Waals surface area contributed by atoms with E-state index in [4.69, 9.17) is 5.73 Å². The number of hydrogen-bond acceptors (Lipinski definition) is 3. The van der Waals surface area contributed by atoms with Gasteiger partial charge < -0.3 is 15.9 Å². The average molecular weight is 237 g/mol. The van der Waals surface area contributed by atoms with Crippen LogP contribution in [0.1, 0.15) is 37.3 Å². The van der Waals surface area contributed by atoms with E-state index in [2.05, 4.69) is 6.92 Å². The highest BCUT2D eigenvalue weighted by Crippen LogP contribution is 2.22. The largest absolute Gasteiger partial charge is 0.508 e. The Balaban J connectivity index is 2.55. The summed E-state index contributed by atoms with van der Waals surface area (Å²) < 4.78 is 0. The van der Waals surface area contributed by atoms with Crippen molar-refractivity contribution < 1.29 is 10.2 Å². The van der Waals surface area contributed by atoms with Crippen molar-refractivity contribution in [2.45, 2.75) is 51.7 Å². The number of aromatic hydroxyl groups is 1.